The highest BCUT2D eigenvalue weighted by Crippen LogP contribution is 2.57. The van der Waals surface area contributed by atoms with E-state index in [0.717, 1.165) is 6.42 Å². The molecule has 0 N–H and O–H groups in total. The zero-order chi connectivity index (χ0) is 11.1. The van der Waals surface area contributed by atoms with Crippen LogP contribution in [-0.2, 0) is 0 Å². The third-order valence-electron chi connectivity index (χ3n) is 5.03. The smallest absolute Gasteiger partial charge is 0.000829 e. The van der Waals surface area contributed by atoms with Gasteiger partial charge in [-0.3, -0.25) is 0 Å². The molecule has 1 fully saturated rings. The SMILES string of the molecule is CC1=CC([C@]2(C)CCCC2(C)C)C=CC1. The topological polar surface area (TPSA) is 0 Å². The van der Waals surface area contributed by atoms with E-state index in [4.69, 9.17) is 0 Å². The summed E-state index contributed by atoms with van der Waals surface area (Å²) in [5.41, 5.74) is 2.52. The van der Waals surface area contributed by atoms with Gasteiger partial charge in [0.25, 0.3) is 0 Å². The number of hydrogen-bond acceptors (Lipinski definition) is 0. The first-order valence-electron chi connectivity index (χ1n) is 6.30. The van der Waals surface area contributed by atoms with Gasteiger partial charge < -0.3 is 0 Å². The fraction of sp³-hybridized carbons (Fsp3) is 0.733. The molecule has 2 aliphatic rings. The van der Waals surface area contributed by atoms with Crippen LogP contribution in [0.5, 0.6) is 0 Å². The van der Waals surface area contributed by atoms with E-state index in [9.17, 15) is 0 Å². The highest BCUT2D eigenvalue weighted by molar-refractivity contribution is 5.21. The van der Waals surface area contributed by atoms with Crippen molar-refractivity contribution < 1.29 is 0 Å². The lowest BCUT2D eigenvalue weighted by atomic mass is 9.61. The molecule has 15 heavy (non-hydrogen) atoms. The maximum Gasteiger partial charge on any atom is 0.000829 e. The third kappa shape index (κ3) is 1.68. The molecular weight excluding hydrogens is 180 g/mol. The van der Waals surface area contributed by atoms with Crippen molar-refractivity contribution in [3.8, 4) is 0 Å². The Balaban J connectivity index is 2.29. The number of allylic oxidation sites excluding steroid dienone is 4. The number of rotatable bonds is 1. The maximum atomic E-state index is 2.51. The van der Waals surface area contributed by atoms with Gasteiger partial charge in [-0.05, 0) is 37.0 Å². The summed E-state index contributed by atoms with van der Waals surface area (Å²) >= 11 is 0. The quantitative estimate of drug-likeness (QED) is 0.542. The third-order valence-corrected chi connectivity index (χ3v) is 5.03. The summed E-state index contributed by atoms with van der Waals surface area (Å²) in [5, 5.41) is 0. The fourth-order valence-electron chi connectivity index (χ4n) is 3.37. The van der Waals surface area contributed by atoms with E-state index in [2.05, 4.69) is 45.9 Å². The Morgan fingerprint density at radius 2 is 1.93 bits per heavy atom. The maximum absolute atomic E-state index is 2.51. The second kappa shape index (κ2) is 3.50. The second-order valence-corrected chi connectivity index (χ2v) is 6.33. The summed E-state index contributed by atoms with van der Waals surface area (Å²) in [6.45, 7) is 9.66. The minimum Gasteiger partial charge on any atom is -0.0839 e. The molecule has 84 valence electrons. The lowest BCUT2D eigenvalue weighted by molar-refractivity contribution is 0.0989. The molecule has 0 heterocycles. The molecule has 0 aromatic heterocycles. The van der Waals surface area contributed by atoms with Gasteiger partial charge >= 0.3 is 0 Å². The van der Waals surface area contributed by atoms with Gasteiger partial charge in [0.2, 0.25) is 0 Å². The predicted octanol–water partition coefficient (Wildman–Crippen LogP) is 4.73. The molecule has 1 saturated carbocycles. The molecule has 0 spiro atoms. The molecule has 2 rings (SSSR count). The van der Waals surface area contributed by atoms with Crippen molar-refractivity contribution in [3.63, 3.8) is 0 Å². The van der Waals surface area contributed by atoms with Crippen molar-refractivity contribution in [1.29, 1.82) is 0 Å². The van der Waals surface area contributed by atoms with E-state index in [-0.39, 0.29) is 0 Å². The molecule has 0 radical (unpaired) electrons. The van der Waals surface area contributed by atoms with E-state index in [0.29, 0.717) is 16.7 Å². The Kier molecular flexibility index (Phi) is 2.56. The van der Waals surface area contributed by atoms with Crippen molar-refractivity contribution in [2.75, 3.05) is 0 Å². The van der Waals surface area contributed by atoms with Crippen LogP contribution in [0.1, 0.15) is 53.4 Å². The summed E-state index contributed by atoms with van der Waals surface area (Å²) in [4.78, 5) is 0. The van der Waals surface area contributed by atoms with Crippen LogP contribution >= 0.6 is 0 Å². The summed E-state index contributed by atoms with van der Waals surface area (Å²) in [6, 6.07) is 0. The van der Waals surface area contributed by atoms with Gasteiger partial charge in [-0.25, -0.2) is 0 Å². The minimum absolute atomic E-state index is 0.477. The Hall–Kier alpha value is -0.520. The minimum atomic E-state index is 0.477. The molecule has 2 atom stereocenters. The average Bonchev–Trinajstić information content (AvgIpc) is 2.43. The van der Waals surface area contributed by atoms with Crippen molar-refractivity contribution in [1.82, 2.24) is 0 Å². The Labute approximate surface area is 94.5 Å². The van der Waals surface area contributed by atoms with Gasteiger partial charge in [-0.2, -0.15) is 0 Å². The van der Waals surface area contributed by atoms with Crippen LogP contribution in [-0.4, -0.2) is 0 Å². The highest BCUT2D eigenvalue weighted by Gasteiger charge is 2.48. The van der Waals surface area contributed by atoms with Crippen LogP contribution in [0.15, 0.2) is 23.8 Å². The predicted molar refractivity (Wildman–Crippen MR) is 66.7 cm³/mol. The van der Waals surface area contributed by atoms with Crippen LogP contribution in [0, 0.1) is 16.7 Å². The second-order valence-electron chi connectivity index (χ2n) is 6.33. The van der Waals surface area contributed by atoms with Gasteiger partial charge in [-0.1, -0.05) is 51.0 Å². The molecular formula is C15H24. The van der Waals surface area contributed by atoms with Crippen LogP contribution in [0.3, 0.4) is 0 Å². The van der Waals surface area contributed by atoms with Gasteiger partial charge in [0, 0.05) is 5.92 Å². The Bertz CT molecular complexity index is 306. The molecule has 0 aliphatic heterocycles. The van der Waals surface area contributed by atoms with Crippen LogP contribution in [0.2, 0.25) is 0 Å². The van der Waals surface area contributed by atoms with Crippen molar-refractivity contribution in [3.05, 3.63) is 23.8 Å². The molecule has 0 aromatic carbocycles. The zero-order valence-corrected chi connectivity index (χ0v) is 10.6. The molecule has 0 heteroatoms. The number of hydrogen-bond donors (Lipinski definition) is 0. The van der Waals surface area contributed by atoms with Crippen molar-refractivity contribution in [2.45, 2.75) is 53.4 Å². The Morgan fingerprint density at radius 3 is 2.47 bits per heavy atom. The van der Waals surface area contributed by atoms with E-state index in [1.165, 1.54) is 19.3 Å². The first-order valence-corrected chi connectivity index (χ1v) is 6.30. The Morgan fingerprint density at radius 1 is 1.20 bits per heavy atom. The van der Waals surface area contributed by atoms with Gasteiger partial charge in [0.05, 0.1) is 0 Å². The first-order chi connectivity index (χ1) is 6.96. The van der Waals surface area contributed by atoms with Gasteiger partial charge in [-0.15, -0.1) is 0 Å². The summed E-state index contributed by atoms with van der Waals surface area (Å²) in [7, 11) is 0. The molecule has 0 aromatic rings. The van der Waals surface area contributed by atoms with E-state index in [1.807, 2.05) is 0 Å². The summed E-state index contributed by atoms with van der Waals surface area (Å²) in [6.07, 6.45) is 12.7. The molecule has 1 unspecified atom stereocenters. The largest absolute Gasteiger partial charge is 0.0839 e. The van der Waals surface area contributed by atoms with Gasteiger partial charge in [0.15, 0.2) is 0 Å². The van der Waals surface area contributed by atoms with Crippen LogP contribution in [0.4, 0.5) is 0 Å². The normalized spacial score (nSPS) is 39.2. The monoisotopic (exact) mass is 204 g/mol. The van der Waals surface area contributed by atoms with Crippen molar-refractivity contribution in [2.24, 2.45) is 16.7 Å². The molecule has 0 saturated heterocycles. The van der Waals surface area contributed by atoms with Crippen LogP contribution < -0.4 is 0 Å². The van der Waals surface area contributed by atoms with Crippen LogP contribution in [0.25, 0.3) is 0 Å². The average molecular weight is 204 g/mol. The summed E-state index contributed by atoms with van der Waals surface area (Å²) < 4.78 is 0. The van der Waals surface area contributed by atoms with Gasteiger partial charge in [0.1, 0.15) is 0 Å². The highest BCUT2D eigenvalue weighted by atomic mass is 14.5. The molecule has 0 amide bonds. The lowest BCUT2D eigenvalue weighted by Crippen LogP contribution is -2.36. The van der Waals surface area contributed by atoms with Crippen molar-refractivity contribution >= 4 is 0 Å². The zero-order valence-electron chi connectivity index (χ0n) is 10.6. The molecule has 2 aliphatic carbocycles. The first kappa shape index (κ1) is 11.0. The molecule has 0 bridgehead atoms. The van der Waals surface area contributed by atoms with E-state index >= 15 is 0 Å². The molecule has 0 nitrogen and oxygen atoms in total. The fourth-order valence-corrected chi connectivity index (χ4v) is 3.37. The standard InChI is InChI=1S/C15H24/c1-12-7-5-8-13(11-12)15(4)10-6-9-14(15,2)3/h5,8,11,13H,6-7,9-10H2,1-4H3/t13?,15-/m0/s1. The van der Waals surface area contributed by atoms with E-state index < -0.39 is 0 Å². The summed E-state index contributed by atoms with van der Waals surface area (Å²) in [5.74, 6) is 0.670. The lowest BCUT2D eigenvalue weighted by Gasteiger charge is -2.43. The van der Waals surface area contributed by atoms with E-state index in [1.54, 1.807) is 5.57 Å².